The molecule has 3 aromatic heterocycles. The molecule has 7 nitrogen and oxygen atoms in total. The molecule has 1 atom stereocenters. The minimum atomic E-state index is 0.210. The number of ether oxygens (including phenoxy) is 1. The van der Waals surface area contributed by atoms with E-state index in [1.165, 1.54) is 40.4 Å². The van der Waals surface area contributed by atoms with Crippen molar-refractivity contribution < 1.29 is 4.74 Å². The minimum absolute atomic E-state index is 0.210. The zero-order valence-electron chi connectivity index (χ0n) is 13.7. The molecule has 3 aromatic rings. The first-order valence-electron chi connectivity index (χ1n) is 8.69. The Hall–Kier alpha value is -1.58. The molecule has 1 aliphatic carbocycles. The van der Waals surface area contributed by atoms with Crippen molar-refractivity contribution in [2.24, 2.45) is 0 Å². The molecule has 25 heavy (non-hydrogen) atoms. The normalized spacial score (nSPS) is 20.2. The van der Waals surface area contributed by atoms with Gasteiger partial charge >= 0.3 is 0 Å². The lowest BCUT2D eigenvalue weighted by Gasteiger charge is -2.12. The van der Waals surface area contributed by atoms with Crippen molar-refractivity contribution in [2.75, 3.05) is 6.61 Å². The summed E-state index contributed by atoms with van der Waals surface area (Å²) in [4.78, 5) is 11.6. The van der Waals surface area contributed by atoms with Crippen LogP contribution in [0.1, 0.15) is 36.1 Å². The van der Waals surface area contributed by atoms with Gasteiger partial charge in [-0.15, -0.1) is 16.4 Å². The van der Waals surface area contributed by atoms with Crippen molar-refractivity contribution in [3.63, 3.8) is 0 Å². The van der Waals surface area contributed by atoms with E-state index in [1.54, 1.807) is 6.33 Å². The maximum absolute atomic E-state index is 5.71. The lowest BCUT2D eigenvalue weighted by molar-refractivity contribution is 0.0912. The molecule has 0 aromatic carbocycles. The number of nitrogens with zero attached hydrogens (tertiary/aromatic N) is 6. The molecular formula is C16H18N6OS2. The van der Waals surface area contributed by atoms with E-state index in [0.29, 0.717) is 6.54 Å². The SMILES string of the molecule is c1nc(Sc2nnnn2C[C@H]2CCCO2)c2c3c(sc2n1)CCCC3. The zero-order valence-corrected chi connectivity index (χ0v) is 15.4. The van der Waals surface area contributed by atoms with E-state index in [-0.39, 0.29) is 6.10 Å². The monoisotopic (exact) mass is 374 g/mol. The highest BCUT2D eigenvalue weighted by Gasteiger charge is 2.23. The molecule has 0 amide bonds. The highest BCUT2D eigenvalue weighted by Crippen LogP contribution is 2.40. The number of aromatic nitrogens is 6. The second kappa shape index (κ2) is 6.62. The summed E-state index contributed by atoms with van der Waals surface area (Å²) in [6.07, 6.45) is 8.85. The molecule has 0 bridgehead atoms. The Morgan fingerprint density at radius 2 is 2.20 bits per heavy atom. The van der Waals surface area contributed by atoms with Crippen molar-refractivity contribution in [3.8, 4) is 0 Å². The van der Waals surface area contributed by atoms with Crippen LogP contribution in [0.2, 0.25) is 0 Å². The summed E-state index contributed by atoms with van der Waals surface area (Å²) in [6, 6.07) is 0. The quantitative estimate of drug-likeness (QED) is 0.650. The van der Waals surface area contributed by atoms with Crippen LogP contribution in [-0.4, -0.2) is 42.9 Å². The Balaban J connectivity index is 1.48. The van der Waals surface area contributed by atoms with E-state index in [9.17, 15) is 0 Å². The predicted molar refractivity (Wildman–Crippen MR) is 95.0 cm³/mol. The summed E-state index contributed by atoms with van der Waals surface area (Å²) < 4.78 is 7.55. The van der Waals surface area contributed by atoms with Crippen LogP contribution in [0, 0.1) is 0 Å². The van der Waals surface area contributed by atoms with Crippen LogP contribution >= 0.6 is 23.1 Å². The van der Waals surface area contributed by atoms with Gasteiger partial charge in [-0.3, -0.25) is 0 Å². The second-order valence-electron chi connectivity index (χ2n) is 6.45. The van der Waals surface area contributed by atoms with E-state index in [0.717, 1.165) is 47.3 Å². The lowest BCUT2D eigenvalue weighted by Crippen LogP contribution is -2.16. The van der Waals surface area contributed by atoms with E-state index in [2.05, 4.69) is 25.5 Å². The highest BCUT2D eigenvalue weighted by molar-refractivity contribution is 7.99. The van der Waals surface area contributed by atoms with Gasteiger partial charge < -0.3 is 4.74 Å². The van der Waals surface area contributed by atoms with Gasteiger partial charge in [-0.1, -0.05) is 0 Å². The number of tetrazole rings is 1. The Bertz CT molecular complexity index is 901. The van der Waals surface area contributed by atoms with E-state index in [4.69, 9.17) is 4.74 Å². The van der Waals surface area contributed by atoms with Crippen LogP contribution in [0.3, 0.4) is 0 Å². The maximum Gasteiger partial charge on any atom is 0.215 e. The number of thiophene rings is 1. The first kappa shape index (κ1) is 15.7. The number of hydrogen-bond acceptors (Lipinski definition) is 8. The van der Waals surface area contributed by atoms with Gasteiger partial charge in [0.2, 0.25) is 5.16 Å². The molecule has 0 saturated carbocycles. The van der Waals surface area contributed by atoms with Gasteiger partial charge in [0.1, 0.15) is 16.2 Å². The second-order valence-corrected chi connectivity index (χ2v) is 8.49. The third-order valence-electron chi connectivity index (χ3n) is 4.80. The fourth-order valence-electron chi connectivity index (χ4n) is 3.59. The minimum Gasteiger partial charge on any atom is -0.376 e. The molecule has 4 heterocycles. The predicted octanol–water partition coefficient (Wildman–Crippen LogP) is 2.89. The van der Waals surface area contributed by atoms with E-state index >= 15 is 0 Å². The lowest BCUT2D eigenvalue weighted by atomic mass is 9.97. The van der Waals surface area contributed by atoms with Crippen molar-refractivity contribution in [3.05, 3.63) is 16.8 Å². The smallest absolute Gasteiger partial charge is 0.215 e. The number of aryl methyl sites for hydroxylation is 2. The third-order valence-corrected chi connectivity index (χ3v) is 6.98. The molecule has 130 valence electrons. The molecule has 1 aliphatic heterocycles. The summed E-state index contributed by atoms with van der Waals surface area (Å²) in [5.41, 5.74) is 1.44. The van der Waals surface area contributed by atoms with Gasteiger partial charge in [0.05, 0.1) is 12.6 Å². The van der Waals surface area contributed by atoms with Crippen LogP contribution in [0.4, 0.5) is 0 Å². The molecule has 5 rings (SSSR count). The first-order chi connectivity index (χ1) is 12.4. The molecule has 2 aliphatic rings. The van der Waals surface area contributed by atoms with Crippen molar-refractivity contribution in [2.45, 2.75) is 61.4 Å². The van der Waals surface area contributed by atoms with Crippen LogP contribution < -0.4 is 0 Å². The van der Waals surface area contributed by atoms with Gasteiger partial charge in [-0.05, 0) is 66.3 Å². The average Bonchev–Trinajstić information content (AvgIpc) is 3.36. The number of fused-ring (bicyclic) bond motifs is 3. The first-order valence-corrected chi connectivity index (χ1v) is 10.3. The van der Waals surface area contributed by atoms with E-state index < -0.39 is 0 Å². The topological polar surface area (TPSA) is 78.6 Å². The summed E-state index contributed by atoms with van der Waals surface area (Å²) in [5, 5.41) is 15.2. The fraction of sp³-hybridized carbons (Fsp3) is 0.562. The van der Waals surface area contributed by atoms with Crippen molar-refractivity contribution in [1.29, 1.82) is 0 Å². The molecule has 0 unspecified atom stereocenters. The Morgan fingerprint density at radius 1 is 1.24 bits per heavy atom. The van der Waals surface area contributed by atoms with Gasteiger partial charge in [-0.25, -0.2) is 14.6 Å². The Morgan fingerprint density at radius 3 is 3.12 bits per heavy atom. The van der Waals surface area contributed by atoms with Crippen LogP contribution in [0.25, 0.3) is 10.2 Å². The standard InChI is InChI=1S/C16H18N6OS2/c1-2-6-12-11(5-1)13-14(24-12)17-9-18-15(13)25-16-19-20-21-22(16)8-10-4-3-7-23-10/h9-10H,1-8H2/t10-/m1/s1. The van der Waals surface area contributed by atoms with Crippen molar-refractivity contribution in [1.82, 2.24) is 30.2 Å². The average molecular weight is 374 g/mol. The number of rotatable bonds is 4. The fourth-order valence-corrected chi connectivity index (χ4v) is 5.77. The van der Waals surface area contributed by atoms with Crippen LogP contribution in [0.15, 0.2) is 16.5 Å². The van der Waals surface area contributed by atoms with Crippen LogP contribution in [0.5, 0.6) is 0 Å². The molecular weight excluding hydrogens is 356 g/mol. The van der Waals surface area contributed by atoms with Crippen molar-refractivity contribution >= 4 is 33.3 Å². The molecule has 9 heteroatoms. The highest BCUT2D eigenvalue weighted by atomic mass is 32.2. The molecule has 0 N–H and O–H groups in total. The number of hydrogen-bond donors (Lipinski definition) is 0. The van der Waals surface area contributed by atoms with Gasteiger partial charge in [0.15, 0.2) is 0 Å². The third kappa shape index (κ3) is 2.94. The summed E-state index contributed by atoms with van der Waals surface area (Å²) in [6.45, 7) is 1.54. The summed E-state index contributed by atoms with van der Waals surface area (Å²) >= 11 is 3.35. The molecule has 1 saturated heterocycles. The molecule has 0 radical (unpaired) electrons. The van der Waals surface area contributed by atoms with E-state index in [1.807, 2.05) is 16.0 Å². The molecule has 0 spiro atoms. The van der Waals surface area contributed by atoms with Gasteiger partial charge in [0, 0.05) is 16.9 Å². The van der Waals surface area contributed by atoms with Crippen LogP contribution in [-0.2, 0) is 24.1 Å². The summed E-state index contributed by atoms with van der Waals surface area (Å²) in [7, 11) is 0. The largest absolute Gasteiger partial charge is 0.376 e. The Labute approximate surface area is 153 Å². The summed E-state index contributed by atoms with van der Waals surface area (Å²) in [5.74, 6) is 0. The molecule has 1 fully saturated rings. The zero-order chi connectivity index (χ0) is 16.6. The Kier molecular flexibility index (Phi) is 4.15. The van der Waals surface area contributed by atoms with Gasteiger partial charge in [-0.2, -0.15) is 0 Å². The maximum atomic E-state index is 5.71. The van der Waals surface area contributed by atoms with Gasteiger partial charge in [0.25, 0.3) is 0 Å².